The number of nitro benzene ring substituents is 1. The summed E-state index contributed by atoms with van der Waals surface area (Å²) in [5, 5.41) is 12.6. The summed E-state index contributed by atoms with van der Waals surface area (Å²) in [6.07, 6.45) is 0. The van der Waals surface area contributed by atoms with Gasteiger partial charge in [0.15, 0.2) is 0 Å². The highest BCUT2D eigenvalue weighted by Crippen LogP contribution is 2.27. The first-order valence-electron chi connectivity index (χ1n) is 7.09. The van der Waals surface area contributed by atoms with E-state index in [0.29, 0.717) is 6.07 Å². The second kappa shape index (κ2) is 9.47. The van der Waals surface area contributed by atoms with E-state index in [1.165, 1.54) is 13.0 Å². The van der Waals surface area contributed by atoms with Crippen molar-refractivity contribution in [2.45, 2.75) is 16.7 Å². The Morgan fingerprint density at radius 1 is 0.966 bits per heavy atom. The van der Waals surface area contributed by atoms with Gasteiger partial charge in [0.1, 0.15) is 9.92 Å². The summed E-state index contributed by atoms with van der Waals surface area (Å²) in [6.45, 7) is 1.30. The van der Waals surface area contributed by atoms with Crippen molar-refractivity contribution in [2.24, 2.45) is 0 Å². The predicted molar refractivity (Wildman–Crippen MR) is 103 cm³/mol. The molecule has 1 amide bonds. The molecule has 0 aliphatic heterocycles. The second-order valence-electron chi connectivity index (χ2n) is 5.14. The molecular weight excluding hydrogens is 475 g/mol. The molecule has 15 heteroatoms. The molecule has 0 aliphatic carbocycles. The van der Waals surface area contributed by atoms with Crippen LogP contribution in [0.5, 0.6) is 0 Å². The van der Waals surface area contributed by atoms with Gasteiger partial charge in [-0.15, -0.1) is 0 Å². The number of nitrogens with zero attached hydrogens (tertiary/aromatic N) is 1. The molecule has 2 rings (SSSR count). The number of benzene rings is 2. The van der Waals surface area contributed by atoms with Crippen molar-refractivity contribution in [3.8, 4) is 0 Å². The van der Waals surface area contributed by atoms with Gasteiger partial charge >= 0.3 is 0 Å². The highest BCUT2D eigenvalue weighted by atomic mass is 35.5. The molecule has 0 aliphatic rings. The molecule has 0 saturated heterocycles. The van der Waals surface area contributed by atoms with Crippen LogP contribution in [0.2, 0.25) is 10.0 Å². The van der Waals surface area contributed by atoms with Crippen LogP contribution < -0.4 is 5.32 Å². The Kier molecular flexibility index (Phi) is 8.08. The van der Waals surface area contributed by atoms with E-state index >= 15 is 0 Å². The zero-order valence-corrected chi connectivity index (χ0v) is 17.4. The fraction of sp³-hybridized carbons (Fsp3) is 0.0714. The van der Waals surface area contributed by atoms with Crippen LogP contribution in [0.3, 0.4) is 0 Å². The van der Waals surface area contributed by atoms with Gasteiger partial charge in [-0.3, -0.25) is 24.0 Å². The summed E-state index contributed by atoms with van der Waals surface area (Å²) in [7, 11) is -8.71. The molecule has 2 aromatic carbocycles. The fourth-order valence-corrected chi connectivity index (χ4v) is 3.23. The van der Waals surface area contributed by atoms with E-state index in [-0.39, 0.29) is 26.5 Å². The number of nitrogens with one attached hydrogen (secondary N) is 1. The average Bonchev–Trinajstić information content (AvgIpc) is 2.55. The van der Waals surface area contributed by atoms with Crippen molar-refractivity contribution in [1.29, 1.82) is 0 Å². The second-order valence-corrected chi connectivity index (χ2v) is 8.80. The summed E-state index contributed by atoms with van der Waals surface area (Å²) in [5.74, 6) is -0.323. The average molecular weight is 487 g/mol. The smallest absolute Gasteiger partial charge is 0.294 e. The molecule has 2 aromatic rings. The van der Waals surface area contributed by atoms with Gasteiger partial charge in [0.25, 0.3) is 25.9 Å². The lowest BCUT2D eigenvalue weighted by Crippen LogP contribution is -2.07. The van der Waals surface area contributed by atoms with Gasteiger partial charge in [-0.2, -0.15) is 16.8 Å². The fourth-order valence-electron chi connectivity index (χ4n) is 1.74. The first-order chi connectivity index (χ1) is 13.1. The maximum absolute atomic E-state index is 10.7. The normalized spacial score (nSPS) is 11.2. The summed E-state index contributed by atoms with van der Waals surface area (Å²) < 4.78 is 60.0. The van der Waals surface area contributed by atoms with E-state index in [9.17, 15) is 31.7 Å². The van der Waals surface area contributed by atoms with Gasteiger partial charge in [0, 0.05) is 13.0 Å². The number of nitro groups is 1. The maximum atomic E-state index is 10.7. The third kappa shape index (κ3) is 7.56. The van der Waals surface area contributed by atoms with Crippen molar-refractivity contribution in [1.82, 2.24) is 0 Å². The highest BCUT2D eigenvalue weighted by molar-refractivity contribution is 7.86. The molecule has 0 radical (unpaired) electrons. The maximum Gasteiger partial charge on any atom is 0.294 e. The molecule has 0 saturated carbocycles. The number of hydrogen-bond donors (Lipinski definition) is 3. The monoisotopic (exact) mass is 486 g/mol. The van der Waals surface area contributed by atoms with Gasteiger partial charge in [0.05, 0.1) is 20.5 Å². The molecule has 0 spiro atoms. The number of amides is 1. The molecule has 0 fully saturated rings. The first kappa shape index (κ1) is 24.7. The van der Waals surface area contributed by atoms with E-state index < -0.39 is 35.7 Å². The Hall–Kier alpha value is -2.29. The quantitative estimate of drug-likeness (QED) is 0.332. The summed E-state index contributed by atoms with van der Waals surface area (Å²) in [6, 6.07) is 6.20. The molecule has 3 N–H and O–H groups in total. The first-order valence-corrected chi connectivity index (χ1v) is 10.7. The van der Waals surface area contributed by atoms with E-state index in [1.54, 1.807) is 0 Å². The third-order valence-electron chi connectivity index (χ3n) is 2.96. The van der Waals surface area contributed by atoms with Gasteiger partial charge < -0.3 is 5.32 Å². The Labute approximate surface area is 174 Å². The van der Waals surface area contributed by atoms with Crippen LogP contribution in [0.1, 0.15) is 6.92 Å². The van der Waals surface area contributed by atoms with Crippen LogP contribution in [0.15, 0.2) is 46.2 Å². The molecular formula is C14H12Cl2N2O9S2. The highest BCUT2D eigenvalue weighted by Gasteiger charge is 2.18. The lowest BCUT2D eigenvalue weighted by Gasteiger charge is -2.05. The van der Waals surface area contributed by atoms with E-state index in [2.05, 4.69) is 5.32 Å². The topological polar surface area (TPSA) is 181 Å². The van der Waals surface area contributed by atoms with E-state index in [1.807, 2.05) is 0 Å². The number of carbonyl (C=O) groups is 1. The Bertz CT molecular complexity index is 1170. The zero-order chi connectivity index (χ0) is 22.6. The minimum Gasteiger partial charge on any atom is -0.325 e. The van der Waals surface area contributed by atoms with Crippen LogP contribution in [-0.4, -0.2) is 36.8 Å². The number of carbonyl (C=O) groups excluding carboxylic acids is 1. The van der Waals surface area contributed by atoms with E-state index in [0.717, 1.165) is 24.3 Å². The van der Waals surface area contributed by atoms with Crippen LogP contribution in [0.4, 0.5) is 11.4 Å². The summed E-state index contributed by atoms with van der Waals surface area (Å²) in [4.78, 5) is 19.3. The number of hydrogen-bond acceptors (Lipinski definition) is 7. The van der Waals surface area contributed by atoms with Crippen molar-refractivity contribution >= 4 is 60.7 Å². The largest absolute Gasteiger partial charge is 0.325 e. The Morgan fingerprint density at radius 3 is 1.86 bits per heavy atom. The van der Waals surface area contributed by atoms with Crippen LogP contribution in [0, 0.1) is 10.1 Å². The van der Waals surface area contributed by atoms with Gasteiger partial charge in [-0.25, -0.2) is 0 Å². The molecule has 0 heterocycles. The molecule has 0 unspecified atom stereocenters. The minimum atomic E-state index is -4.44. The molecule has 0 aromatic heterocycles. The predicted octanol–water partition coefficient (Wildman–Crippen LogP) is 3.04. The molecule has 29 heavy (non-hydrogen) atoms. The molecule has 0 atom stereocenters. The summed E-state index contributed by atoms with van der Waals surface area (Å²) in [5.41, 5.74) is -0.279. The number of halogens is 2. The van der Waals surface area contributed by atoms with Crippen molar-refractivity contribution < 1.29 is 35.7 Å². The Balaban J connectivity index is 0.000000291. The SMILES string of the molecule is CC(=O)Nc1ccc(S(=O)(=O)O)cc1Cl.O=[N+]([O-])c1cc(S(=O)(=O)O)ccc1Cl. The lowest BCUT2D eigenvalue weighted by molar-refractivity contribution is -0.384. The Morgan fingerprint density at radius 2 is 1.45 bits per heavy atom. The molecule has 0 bridgehead atoms. The van der Waals surface area contributed by atoms with Crippen molar-refractivity contribution in [3.05, 3.63) is 56.6 Å². The van der Waals surface area contributed by atoms with Crippen molar-refractivity contribution in [2.75, 3.05) is 5.32 Å². The lowest BCUT2D eigenvalue weighted by atomic mass is 10.3. The van der Waals surface area contributed by atoms with Crippen molar-refractivity contribution in [3.63, 3.8) is 0 Å². The molecule has 11 nitrogen and oxygen atoms in total. The zero-order valence-electron chi connectivity index (χ0n) is 14.2. The van der Waals surface area contributed by atoms with Gasteiger partial charge in [-0.1, -0.05) is 23.2 Å². The van der Waals surface area contributed by atoms with Crippen LogP contribution in [0.25, 0.3) is 0 Å². The summed E-state index contributed by atoms with van der Waals surface area (Å²) >= 11 is 11.1. The van der Waals surface area contributed by atoms with E-state index in [4.69, 9.17) is 32.3 Å². The molecule has 158 valence electrons. The third-order valence-corrected chi connectivity index (χ3v) is 5.29. The van der Waals surface area contributed by atoms with Gasteiger partial charge in [-0.05, 0) is 30.3 Å². The van der Waals surface area contributed by atoms with Gasteiger partial charge in [0.2, 0.25) is 5.91 Å². The number of rotatable bonds is 4. The number of anilines is 1. The minimum absolute atomic E-state index is 0.0420. The standard InChI is InChI=1S/C8H8ClNO4S.C6H4ClNO5S/c1-5(11)10-8-3-2-6(4-7(8)9)15(12,13)14;7-5-2-1-4(14(11,12)13)3-6(5)8(9)10/h2-4H,1H3,(H,10,11)(H,12,13,14);1-3H,(H,11,12,13). The van der Waals surface area contributed by atoms with Crippen LogP contribution >= 0.6 is 23.2 Å². The van der Waals surface area contributed by atoms with Crippen LogP contribution in [-0.2, 0) is 25.0 Å².